The smallest absolute Gasteiger partial charge is 0.269 e. The number of hydrogen-bond donors (Lipinski definition) is 0. The van der Waals surface area contributed by atoms with E-state index < -0.39 is 0 Å². The van der Waals surface area contributed by atoms with Gasteiger partial charge in [0.05, 0.1) is 33.4 Å². The summed E-state index contributed by atoms with van der Waals surface area (Å²) in [6, 6.07) is 69.7. The van der Waals surface area contributed by atoms with Gasteiger partial charge in [0.2, 0.25) is 0 Å². The molecule has 8 aromatic carbocycles. The minimum atomic E-state index is -0.0624. The van der Waals surface area contributed by atoms with E-state index >= 15 is 0 Å². The van der Waals surface area contributed by atoms with Crippen LogP contribution in [0.1, 0.15) is 79.0 Å². The molecular formula is C66H60N4O. The van der Waals surface area contributed by atoms with Crippen molar-refractivity contribution in [3.8, 4) is 62.1 Å². The first-order valence-corrected chi connectivity index (χ1v) is 24.8. The van der Waals surface area contributed by atoms with Crippen molar-refractivity contribution >= 4 is 32.8 Å². The highest BCUT2D eigenvalue weighted by Crippen LogP contribution is 2.42. The second-order valence-electron chi connectivity index (χ2n) is 22.0. The van der Waals surface area contributed by atoms with Crippen LogP contribution in [-0.2, 0) is 16.2 Å². The molecule has 0 aliphatic rings. The van der Waals surface area contributed by atoms with Crippen molar-refractivity contribution in [2.75, 3.05) is 0 Å². The van der Waals surface area contributed by atoms with E-state index in [0.29, 0.717) is 0 Å². The van der Waals surface area contributed by atoms with Gasteiger partial charge < -0.3 is 4.74 Å². The maximum Gasteiger partial charge on any atom is 0.269 e. The van der Waals surface area contributed by atoms with Gasteiger partial charge in [-0.1, -0.05) is 184 Å². The summed E-state index contributed by atoms with van der Waals surface area (Å²) in [7, 11) is 0. The number of ether oxygens (including phenoxy) is 1. The standard InChI is InChI=1S/C66H60N4O/c1-64(2,3)47-34-35-67-62(40-47)70-58-29-17-16-26-56(58)57-32-31-53(42-60(57)70)71-52-25-18-24-50(41-52)68-43-69(51-38-48(65(4,5)6)37-49(39-51)66(7,8)9)59-33-30-46(36-61(59)68)63-54(44-20-12-10-13-21-44)27-19-28-55(63)45-22-14-11-15-23-45/h10-42H,1-9H3. The summed E-state index contributed by atoms with van der Waals surface area (Å²) in [4.78, 5) is 4.92. The van der Waals surface area contributed by atoms with Gasteiger partial charge in [-0.25, -0.2) is 4.98 Å². The van der Waals surface area contributed by atoms with Crippen molar-refractivity contribution in [1.29, 1.82) is 0 Å². The zero-order chi connectivity index (χ0) is 49.2. The number of hydrogen-bond acceptors (Lipinski definition) is 2. The molecule has 0 N–H and O–H groups in total. The monoisotopic (exact) mass is 924 g/mol. The number of aromatic nitrogens is 4. The van der Waals surface area contributed by atoms with Crippen LogP contribution in [0.25, 0.3) is 83.4 Å². The highest BCUT2D eigenvalue weighted by atomic mass is 16.5. The van der Waals surface area contributed by atoms with Crippen LogP contribution in [0.3, 0.4) is 0 Å². The average molecular weight is 925 g/mol. The van der Waals surface area contributed by atoms with Gasteiger partial charge in [0.15, 0.2) is 0 Å². The molecule has 11 aromatic rings. The molecular weight excluding hydrogens is 865 g/mol. The van der Waals surface area contributed by atoms with Gasteiger partial charge in [-0.15, -0.1) is 0 Å². The Balaban J connectivity index is 1.09. The number of pyridine rings is 1. The lowest BCUT2D eigenvalue weighted by Crippen LogP contribution is -2.31. The second-order valence-corrected chi connectivity index (χ2v) is 22.0. The van der Waals surface area contributed by atoms with Crippen LogP contribution < -0.4 is 9.30 Å². The average Bonchev–Trinajstić information content (AvgIpc) is 3.91. The highest BCUT2D eigenvalue weighted by Gasteiger charge is 2.24. The summed E-state index contributed by atoms with van der Waals surface area (Å²) in [5.74, 6) is 2.35. The number of imidazole rings is 1. The molecule has 0 atom stereocenters. The molecule has 0 fully saturated rings. The Kier molecular flexibility index (Phi) is 11.2. The Morgan fingerprint density at radius 2 is 1.06 bits per heavy atom. The molecule has 0 bridgehead atoms. The van der Waals surface area contributed by atoms with Crippen molar-refractivity contribution in [1.82, 2.24) is 14.1 Å². The Labute approximate surface area is 418 Å². The van der Waals surface area contributed by atoms with Gasteiger partial charge in [0.1, 0.15) is 17.3 Å². The predicted octanol–water partition coefficient (Wildman–Crippen LogP) is 16.9. The fraction of sp³-hybridized carbons (Fsp3) is 0.182. The molecule has 0 aliphatic carbocycles. The molecule has 0 saturated carbocycles. The first-order valence-electron chi connectivity index (χ1n) is 24.8. The maximum atomic E-state index is 6.88. The topological polar surface area (TPSA) is 35.9 Å². The molecule has 0 radical (unpaired) electrons. The third-order valence-corrected chi connectivity index (χ3v) is 13.9. The van der Waals surface area contributed by atoms with Gasteiger partial charge in [-0.3, -0.25) is 13.7 Å². The molecule has 0 aliphatic heterocycles. The van der Waals surface area contributed by atoms with Crippen LogP contribution in [0.2, 0.25) is 0 Å². The first kappa shape index (κ1) is 45.4. The molecule has 11 rings (SSSR count). The van der Waals surface area contributed by atoms with E-state index in [1.807, 2.05) is 12.3 Å². The molecule has 71 heavy (non-hydrogen) atoms. The minimum Gasteiger partial charge on any atom is -0.458 e. The Morgan fingerprint density at radius 1 is 0.451 bits per heavy atom. The van der Waals surface area contributed by atoms with E-state index in [9.17, 15) is 0 Å². The maximum absolute atomic E-state index is 6.88. The Bertz CT molecular complexity index is 3690. The summed E-state index contributed by atoms with van der Waals surface area (Å²) < 4.78 is 13.6. The van der Waals surface area contributed by atoms with Gasteiger partial charge in [-0.2, -0.15) is 0 Å². The molecule has 5 nitrogen and oxygen atoms in total. The van der Waals surface area contributed by atoms with Crippen LogP contribution in [0, 0.1) is 6.33 Å². The Hall–Kier alpha value is -8.02. The van der Waals surface area contributed by atoms with E-state index in [1.165, 1.54) is 49.9 Å². The second kappa shape index (κ2) is 17.4. The lowest BCUT2D eigenvalue weighted by Gasteiger charge is -2.26. The molecule has 350 valence electrons. The van der Waals surface area contributed by atoms with Crippen LogP contribution >= 0.6 is 0 Å². The van der Waals surface area contributed by atoms with Crippen molar-refractivity contribution in [3.63, 3.8) is 0 Å². The summed E-state index contributed by atoms with van der Waals surface area (Å²) >= 11 is 0. The van der Waals surface area contributed by atoms with Crippen molar-refractivity contribution in [2.45, 2.75) is 78.6 Å². The largest absolute Gasteiger partial charge is 0.458 e. The Morgan fingerprint density at radius 3 is 1.72 bits per heavy atom. The molecule has 0 unspecified atom stereocenters. The molecule has 0 saturated heterocycles. The van der Waals surface area contributed by atoms with Gasteiger partial charge in [-0.05, 0) is 133 Å². The fourth-order valence-electron chi connectivity index (χ4n) is 9.92. The van der Waals surface area contributed by atoms with Crippen molar-refractivity contribution < 1.29 is 9.30 Å². The normalized spacial score (nSPS) is 12.3. The van der Waals surface area contributed by atoms with Gasteiger partial charge in [0, 0.05) is 23.0 Å². The van der Waals surface area contributed by atoms with E-state index in [0.717, 1.165) is 61.7 Å². The fourth-order valence-corrected chi connectivity index (χ4v) is 9.92. The van der Waals surface area contributed by atoms with Crippen molar-refractivity contribution in [3.05, 3.63) is 223 Å². The number of nitrogens with zero attached hydrogens (tertiary/aromatic N) is 4. The summed E-state index contributed by atoms with van der Waals surface area (Å²) in [5.41, 5.74) is 16.9. The minimum absolute atomic E-state index is 0.0252. The zero-order valence-electron chi connectivity index (χ0n) is 42.2. The van der Waals surface area contributed by atoms with Gasteiger partial charge >= 0.3 is 0 Å². The van der Waals surface area contributed by atoms with Crippen LogP contribution in [0.4, 0.5) is 0 Å². The highest BCUT2D eigenvalue weighted by molar-refractivity contribution is 6.09. The van der Waals surface area contributed by atoms with E-state index in [-0.39, 0.29) is 16.2 Å². The zero-order valence-corrected chi connectivity index (χ0v) is 42.2. The molecule has 0 spiro atoms. The molecule has 3 heterocycles. The number of para-hydroxylation sites is 1. The molecule has 3 aromatic heterocycles. The van der Waals surface area contributed by atoms with Crippen LogP contribution in [-0.4, -0.2) is 14.1 Å². The third kappa shape index (κ3) is 8.60. The third-order valence-electron chi connectivity index (χ3n) is 13.9. The van der Waals surface area contributed by atoms with Crippen LogP contribution in [0.15, 0.2) is 200 Å². The van der Waals surface area contributed by atoms with Crippen molar-refractivity contribution in [2.24, 2.45) is 0 Å². The molecule has 0 amide bonds. The number of fused-ring (bicyclic) bond motifs is 4. The van der Waals surface area contributed by atoms with E-state index in [4.69, 9.17) is 9.72 Å². The van der Waals surface area contributed by atoms with E-state index in [1.54, 1.807) is 0 Å². The summed E-state index contributed by atoms with van der Waals surface area (Å²) in [6.07, 6.45) is 5.81. The lowest BCUT2D eigenvalue weighted by molar-refractivity contribution is -0.572. The molecule has 5 heteroatoms. The summed E-state index contributed by atoms with van der Waals surface area (Å²) in [6.45, 7) is 20.5. The first-order chi connectivity index (χ1) is 34.1. The van der Waals surface area contributed by atoms with Gasteiger partial charge in [0.25, 0.3) is 6.33 Å². The number of rotatable bonds is 8. The summed E-state index contributed by atoms with van der Waals surface area (Å²) in [5, 5.41) is 2.32. The predicted molar refractivity (Wildman–Crippen MR) is 295 cm³/mol. The quantitative estimate of drug-likeness (QED) is 0.112. The SMILES string of the molecule is CC(C)(C)c1cc(-[n+]2[c-]n(-c3cccc(Oc4ccc5c6ccccc6n(-c6cc(C(C)(C)C)ccn6)c5c4)c3)c3cc(-c4c(-c5ccccc5)cccc4-c4ccccc4)ccc32)cc(C(C)(C)C)c1. The van der Waals surface area contributed by atoms with E-state index in [2.05, 4.69) is 270 Å². The van der Waals surface area contributed by atoms with Crippen LogP contribution in [0.5, 0.6) is 11.5 Å². The number of benzene rings is 8. The lowest BCUT2D eigenvalue weighted by atomic mass is 9.80.